The van der Waals surface area contributed by atoms with Crippen molar-refractivity contribution in [2.75, 3.05) is 6.54 Å². The Hall–Kier alpha value is -2.33. The zero-order chi connectivity index (χ0) is 18.4. The molecule has 1 aromatic heterocycles. The van der Waals surface area contributed by atoms with Crippen LogP contribution >= 0.6 is 11.6 Å². The minimum atomic E-state index is 0.0172. The van der Waals surface area contributed by atoms with Crippen molar-refractivity contribution in [3.05, 3.63) is 64.9 Å². The van der Waals surface area contributed by atoms with Gasteiger partial charge in [0.1, 0.15) is 5.82 Å². The molecule has 0 aliphatic rings. The number of carbonyl (C=O) groups excluding carboxylic acids is 1. The van der Waals surface area contributed by atoms with Gasteiger partial charge in [-0.3, -0.25) is 4.79 Å². The van der Waals surface area contributed by atoms with Crippen molar-refractivity contribution in [3.63, 3.8) is 0 Å². The smallest absolute Gasteiger partial charge is 0.224 e. The Morgan fingerprint density at radius 1 is 1.15 bits per heavy atom. The first-order valence-electron chi connectivity index (χ1n) is 9.12. The van der Waals surface area contributed by atoms with Crippen LogP contribution in [-0.2, 0) is 24.2 Å². The van der Waals surface area contributed by atoms with E-state index in [1.165, 1.54) is 5.52 Å². The Kier molecular flexibility index (Phi) is 6.29. The molecule has 1 heterocycles. The highest BCUT2D eigenvalue weighted by molar-refractivity contribution is 6.30. The van der Waals surface area contributed by atoms with Crippen LogP contribution in [0.5, 0.6) is 0 Å². The lowest BCUT2D eigenvalue weighted by Crippen LogP contribution is -2.28. The molecule has 2 aromatic carbocycles. The first-order chi connectivity index (χ1) is 12.7. The molecule has 26 heavy (non-hydrogen) atoms. The molecule has 0 atom stereocenters. The van der Waals surface area contributed by atoms with Crippen molar-refractivity contribution < 1.29 is 4.79 Å². The molecule has 1 N–H and O–H groups in total. The van der Waals surface area contributed by atoms with Crippen LogP contribution in [0.2, 0.25) is 5.02 Å². The SMILES string of the molecule is CCCCn1c(CCNC(=O)Cc2ccc(Cl)cc2)nc2ccccc21. The summed E-state index contributed by atoms with van der Waals surface area (Å²) in [5.41, 5.74) is 3.15. The van der Waals surface area contributed by atoms with Crippen molar-refractivity contribution in [2.24, 2.45) is 0 Å². The molecule has 0 saturated carbocycles. The Balaban J connectivity index is 1.60. The summed E-state index contributed by atoms with van der Waals surface area (Å²) < 4.78 is 2.28. The van der Waals surface area contributed by atoms with Crippen LogP contribution in [0, 0.1) is 0 Å². The summed E-state index contributed by atoms with van der Waals surface area (Å²) in [5, 5.41) is 3.68. The molecule has 136 valence electrons. The molecular weight excluding hydrogens is 346 g/mol. The summed E-state index contributed by atoms with van der Waals surface area (Å²) >= 11 is 5.87. The van der Waals surface area contributed by atoms with Crippen molar-refractivity contribution in [3.8, 4) is 0 Å². The van der Waals surface area contributed by atoms with Crippen molar-refractivity contribution >= 4 is 28.5 Å². The van der Waals surface area contributed by atoms with E-state index in [0.29, 0.717) is 18.0 Å². The van der Waals surface area contributed by atoms with E-state index >= 15 is 0 Å². The van der Waals surface area contributed by atoms with Gasteiger partial charge < -0.3 is 9.88 Å². The summed E-state index contributed by atoms with van der Waals surface area (Å²) in [5.74, 6) is 1.05. The number of nitrogens with zero attached hydrogens (tertiary/aromatic N) is 2. The van der Waals surface area contributed by atoms with E-state index in [0.717, 1.165) is 42.7 Å². The number of halogens is 1. The van der Waals surface area contributed by atoms with Crippen LogP contribution in [0.3, 0.4) is 0 Å². The molecule has 0 aliphatic heterocycles. The number of benzene rings is 2. The van der Waals surface area contributed by atoms with Crippen LogP contribution in [0.25, 0.3) is 11.0 Å². The largest absolute Gasteiger partial charge is 0.355 e. The van der Waals surface area contributed by atoms with Gasteiger partial charge in [-0.2, -0.15) is 0 Å². The third kappa shape index (κ3) is 4.64. The molecule has 0 spiro atoms. The van der Waals surface area contributed by atoms with E-state index in [2.05, 4.69) is 22.9 Å². The number of para-hydroxylation sites is 2. The van der Waals surface area contributed by atoms with Gasteiger partial charge in [0.2, 0.25) is 5.91 Å². The quantitative estimate of drug-likeness (QED) is 0.640. The third-order valence-corrected chi connectivity index (χ3v) is 4.67. The number of nitrogens with one attached hydrogen (secondary N) is 1. The van der Waals surface area contributed by atoms with Crippen LogP contribution in [0.1, 0.15) is 31.2 Å². The van der Waals surface area contributed by atoms with Gasteiger partial charge in [-0.25, -0.2) is 4.98 Å². The van der Waals surface area contributed by atoms with Crippen LogP contribution in [0.4, 0.5) is 0 Å². The summed E-state index contributed by atoms with van der Waals surface area (Å²) in [6.45, 7) is 3.74. The highest BCUT2D eigenvalue weighted by atomic mass is 35.5. The number of aromatic nitrogens is 2. The molecule has 3 aromatic rings. The van der Waals surface area contributed by atoms with E-state index in [9.17, 15) is 4.79 Å². The lowest BCUT2D eigenvalue weighted by molar-refractivity contribution is -0.120. The first-order valence-corrected chi connectivity index (χ1v) is 9.50. The number of hydrogen-bond acceptors (Lipinski definition) is 2. The van der Waals surface area contributed by atoms with Crippen LogP contribution in [-0.4, -0.2) is 22.0 Å². The van der Waals surface area contributed by atoms with Gasteiger partial charge in [0.25, 0.3) is 0 Å². The maximum Gasteiger partial charge on any atom is 0.224 e. The summed E-state index contributed by atoms with van der Waals surface area (Å²) in [4.78, 5) is 16.9. The number of aryl methyl sites for hydroxylation is 1. The lowest BCUT2D eigenvalue weighted by Gasteiger charge is -2.09. The Bertz CT molecular complexity index is 871. The van der Waals surface area contributed by atoms with Crippen molar-refractivity contribution in [1.82, 2.24) is 14.9 Å². The molecule has 0 bridgehead atoms. The number of unbranched alkanes of at least 4 members (excludes halogenated alkanes) is 1. The fraction of sp³-hybridized carbons (Fsp3) is 0.333. The molecule has 0 aliphatic carbocycles. The lowest BCUT2D eigenvalue weighted by atomic mass is 10.1. The number of amides is 1. The summed E-state index contributed by atoms with van der Waals surface area (Å²) in [6.07, 6.45) is 3.36. The van der Waals surface area contributed by atoms with Gasteiger partial charge >= 0.3 is 0 Å². The molecule has 5 heteroatoms. The summed E-state index contributed by atoms with van der Waals surface area (Å²) in [6, 6.07) is 15.6. The Morgan fingerprint density at radius 2 is 1.92 bits per heavy atom. The maximum atomic E-state index is 12.1. The Labute approximate surface area is 159 Å². The second-order valence-electron chi connectivity index (χ2n) is 6.43. The van der Waals surface area contributed by atoms with Gasteiger partial charge in [-0.1, -0.05) is 49.2 Å². The van der Waals surface area contributed by atoms with E-state index in [4.69, 9.17) is 16.6 Å². The predicted octanol–water partition coefficient (Wildman–Crippen LogP) is 4.39. The zero-order valence-corrected chi connectivity index (χ0v) is 15.8. The van der Waals surface area contributed by atoms with Crippen molar-refractivity contribution in [1.29, 1.82) is 0 Å². The van der Waals surface area contributed by atoms with Crippen molar-refractivity contribution in [2.45, 2.75) is 39.2 Å². The minimum Gasteiger partial charge on any atom is -0.355 e. The van der Waals surface area contributed by atoms with Gasteiger partial charge in [0.05, 0.1) is 17.5 Å². The first kappa shape index (κ1) is 18.5. The summed E-state index contributed by atoms with van der Waals surface area (Å²) in [7, 11) is 0. The third-order valence-electron chi connectivity index (χ3n) is 4.42. The Morgan fingerprint density at radius 3 is 2.69 bits per heavy atom. The number of hydrogen-bond donors (Lipinski definition) is 1. The second kappa shape index (κ2) is 8.86. The zero-order valence-electron chi connectivity index (χ0n) is 15.0. The van der Waals surface area contributed by atoms with E-state index in [-0.39, 0.29) is 5.91 Å². The average molecular weight is 370 g/mol. The molecule has 0 radical (unpaired) electrons. The molecule has 0 unspecified atom stereocenters. The standard InChI is InChI=1S/C21H24ClN3O/c1-2-3-14-25-19-7-5-4-6-18(19)24-20(25)12-13-23-21(26)15-16-8-10-17(22)11-9-16/h4-11H,2-3,12-15H2,1H3,(H,23,26). The number of imidazole rings is 1. The monoisotopic (exact) mass is 369 g/mol. The normalized spacial score (nSPS) is 11.0. The second-order valence-corrected chi connectivity index (χ2v) is 6.86. The van der Waals surface area contributed by atoms with Gasteiger partial charge in [-0.15, -0.1) is 0 Å². The molecule has 3 rings (SSSR count). The number of carbonyl (C=O) groups is 1. The molecule has 4 nitrogen and oxygen atoms in total. The van der Waals surface area contributed by atoms with Crippen LogP contribution in [0.15, 0.2) is 48.5 Å². The minimum absolute atomic E-state index is 0.0172. The topological polar surface area (TPSA) is 46.9 Å². The van der Waals surface area contributed by atoms with E-state index in [1.54, 1.807) is 12.1 Å². The highest BCUT2D eigenvalue weighted by Crippen LogP contribution is 2.17. The molecular formula is C21H24ClN3O. The van der Waals surface area contributed by atoms with E-state index < -0.39 is 0 Å². The maximum absolute atomic E-state index is 12.1. The van der Waals surface area contributed by atoms with Gasteiger partial charge in [0, 0.05) is 24.5 Å². The van der Waals surface area contributed by atoms with E-state index in [1.807, 2.05) is 30.3 Å². The van der Waals surface area contributed by atoms with Gasteiger partial charge in [-0.05, 0) is 36.2 Å². The highest BCUT2D eigenvalue weighted by Gasteiger charge is 2.10. The van der Waals surface area contributed by atoms with Gasteiger partial charge in [0.15, 0.2) is 0 Å². The van der Waals surface area contributed by atoms with Crippen LogP contribution < -0.4 is 5.32 Å². The fourth-order valence-electron chi connectivity index (χ4n) is 3.05. The predicted molar refractivity (Wildman–Crippen MR) is 107 cm³/mol. The fourth-order valence-corrected chi connectivity index (χ4v) is 3.17. The molecule has 0 fully saturated rings. The average Bonchev–Trinajstić information content (AvgIpc) is 2.99. The number of rotatable bonds is 8. The molecule has 1 amide bonds. The number of fused-ring (bicyclic) bond motifs is 1. The molecule has 0 saturated heterocycles.